The van der Waals surface area contributed by atoms with Crippen molar-refractivity contribution in [1.29, 1.82) is 0 Å². The van der Waals surface area contributed by atoms with Gasteiger partial charge in [0.1, 0.15) is 11.5 Å². The van der Waals surface area contributed by atoms with Crippen LogP contribution in [-0.2, 0) is 6.54 Å². The molecular formula is C21H23NO4. The fraction of sp³-hybridized carbons (Fsp3) is 0.333. The third-order valence-electron chi connectivity index (χ3n) is 4.87. The highest BCUT2D eigenvalue weighted by molar-refractivity contribution is 6.30. The number of ether oxygens (including phenoxy) is 2. The molecule has 0 saturated heterocycles. The number of hydrogen-bond acceptors (Lipinski definition) is 5. The second-order valence-electron chi connectivity index (χ2n) is 6.22. The average Bonchev–Trinajstić information content (AvgIpc) is 2.68. The van der Waals surface area contributed by atoms with E-state index in [1.807, 2.05) is 12.1 Å². The second kappa shape index (κ2) is 7.30. The van der Waals surface area contributed by atoms with E-state index >= 15 is 0 Å². The minimum absolute atomic E-state index is 0.173. The number of nitrogens with zero attached hydrogens (tertiary/aromatic N) is 1. The van der Waals surface area contributed by atoms with E-state index in [0.717, 1.165) is 18.7 Å². The van der Waals surface area contributed by atoms with Crippen molar-refractivity contribution in [2.45, 2.75) is 20.4 Å². The SMILES string of the molecule is CCN(CC)Cc1cc(OC)c2c(c1)C(=O)c1cccc(OC)c1C2=O. The number of ketones is 2. The molecule has 1 aliphatic rings. The van der Waals surface area contributed by atoms with Gasteiger partial charge in [-0.3, -0.25) is 14.5 Å². The molecule has 0 amide bonds. The van der Waals surface area contributed by atoms with Gasteiger partial charge in [-0.1, -0.05) is 26.0 Å². The van der Waals surface area contributed by atoms with Crippen LogP contribution in [0, 0.1) is 0 Å². The molecule has 26 heavy (non-hydrogen) atoms. The van der Waals surface area contributed by atoms with Gasteiger partial charge in [0.25, 0.3) is 0 Å². The van der Waals surface area contributed by atoms with Gasteiger partial charge in [-0.15, -0.1) is 0 Å². The lowest BCUT2D eigenvalue weighted by Gasteiger charge is -2.24. The first kappa shape index (κ1) is 18.1. The van der Waals surface area contributed by atoms with Gasteiger partial charge in [0.05, 0.1) is 25.3 Å². The molecule has 0 fully saturated rings. The van der Waals surface area contributed by atoms with Crippen LogP contribution < -0.4 is 9.47 Å². The Bertz CT molecular complexity index is 869. The van der Waals surface area contributed by atoms with Gasteiger partial charge in [-0.25, -0.2) is 0 Å². The van der Waals surface area contributed by atoms with E-state index in [2.05, 4.69) is 18.7 Å². The van der Waals surface area contributed by atoms with Crippen molar-refractivity contribution >= 4 is 11.6 Å². The largest absolute Gasteiger partial charge is 0.496 e. The Morgan fingerprint density at radius 2 is 1.50 bits per heavy atom. The minimum atomic E-state index is -0.238. The number of hydrogen-bond donors (Lipinski definition) is 0. The van der Waals surface area contributed by atoms with Crippen LogP contribution in [0.3, 0.4) is 0 Å². The molecule has 1 aliphatic carbocycles. The summed E-state index contributed by atoms with van der Waals surface area (Å²) in [4.78, 5) is 28.5. The number of carbonyl (C=O) groups excluding carboxylic acids is 2. The maximum atomic E-state index is 13.1. The molecule has 0 aliphatic heterocycles. The van der Waals surface area contributed by atoms with Gasteiger partial charge >= 0.3 is 0 Å². The molecule has 5 nitrogen and oxygen atoms in total. The Morgan fingerprint density at radius 1 is 0.846 bits per heavy atom. The highest BCUT2D eigenvalue weighted by Gasteiger charge is 2.35. The molecule has 5 heteroatoms. The fourth-order valence-corrected chi connectivity index (χ4v) is 3.44. The standard InChI is InChI=1S/C21H23NO4/c1-5-22(6-2)12-13-10-15-19(17(11-13)26-4)21(24)18-14(20(15)23)8-7-9-16(18)25-3/h7-11H,5-6,12H2,1-4H3. The Morgan fingerprint density at radius 3 is 2.12 bits per heavy atom. The lowest BCUT2D eigenvalue weighted by molar-refractivity contribution is 0.0973. The van der Waals surface area contributed by atoms with Crippen molar-refractivity contribution in [3.05, 3.63) is 58.1 Å². The Kier molecular flexibility index (Phi) is 5.09. The van der Waals surface area contributed by atoms with Gasteiger partial charge < -0.3 is 9.47 Å². The van der Waals surface area contributed by atoms with Gasteiger partial charge in [-0.05, 0) is 36.9 Å². The Hall–Kier alpha value is -2.66. The zero-order valence-corrected chi connectivity index (χ0v) is 15.6. The molecule has 0 aromatic heterocycles. The summed E-state index contributed by atoms with van der Waals surface area (Å²) in [7, 11) is 3.01. The lowest BCUT2D eigenvalue weighted by Crippen LogP contribution is -2.25. The molecule has 2 aromatic rings. The van der Waals surface area contributed by atoms with Crippen molar-refractivity contribution in [2.75, 3.05) is 27.3 Å². The predicted octanol–water partition coefficient (Wildman–Crippen LogP) is 3.32. The van der Waals surface area contributed by atoms with Crippen LogP contribution in [0.5, 0.6) is 11.5 Å². The summed E-state index contributed by atoms with van der Waals surface area (Å²) in [6.07, 6.45) is 0. The van der Waals surface area contributed by atoms with Crippen molar-refractivity contribution in [1.82, 2.24) is 4.90 Å². The van der Waals surface area contributed by atoms with Gasteiger partial charge in [0, 0.05) is 17.7 Å². The molecule has 0 bridgehead atoms. The number of carbonyl (C=O) groups is 2. The molecule has 136 valence electrons. The molecule has 0 spiro atoms. The third kappa shape index (κ3) is 2.88. The topological polar surface area (TPSA) is 55.8 Å². The number of rotatable bonds is 6. The smallest absolute Gasteiger partial charge is 0.201 e. The van der Waals surface area contributed by atoms with Crippen molar-refractivity contribution in [3.8, 4) is 11.5 Å². The molecule has 0 N–H and O–H groups in total. The van der Waals surface area contributed by atoms with Crippen LogP contribution in [0.1, 0.15) is 51.3 Å². The molecule has 0 atom stereocenters. The normalized spacial score (nSPS) is 12.8. The Balaban J connectivity index is 2.17. The van der Waals surface area contributed by atoms with Crippen LogP contribution in [-0.4, -0.2) is 43.8 Å². The summed E-state index contributed by atoms with van der Waals surface area (Å²) in [5.74, 6) is 0.423. The first-order valence-corrected chi connectivity index (χ1v) is 8.75. The summed E-state index contributed by atoms with van der Waals surface area (Å²) in [5, 5.41) is 0. The van der Waals surface area contributed by atoms with Gasteiger partial charge in [0.2, 0.25) is 5.78 Å². The van der Waals surface area contributed by atoms with Crippen LogP contribution >= 0.6 is 0 Å². The molecule has 0 heterocycles. The first-order valence-electron chi connectivity index (χ1n) is 8.75. The maximum absolute atomic E-state index is 13.1. The molecule has 3 rings (SSSR count). The molecule has 2 aromatic carbocycles. The van der Waals surface area contributed by atoms with E-state index in [1.54, 1.807) is 18.2 Å². The predicted molar refractivity (Wildman–Crippen MR) is 99.5 cm³/mol. The quantitative estimate of drug-likeness (QED) is 0.680. The number of benzene rings is 2. The summed E-state index contributed by atoms with van der Waals surface area (Å²) >= 11 is 0. The highest BCUT2D eigenvalue weighted by Crippen LogP contribution is 2.38. The van der Waals surface area contributed by atoms with E-state index in [-0.39, 0.29) is 11.6 Å². The average molecular weight is 353 g/mol. The minimum Gasteiger partial charge on any atom is -0.496 e. The molecule has 0 unspecified atom stereocenters. The van der Waals surface area contributed by atoms with E-state index in [4.69, 9.17) is 9.47 Å². The zero-order valence-electron chi connectivity index (χ0n) is 15.6. The van der Waals surface area contributed by atoms with Crippen LogP contribution in [0.25, 0.3) is 0 Å². The molecule has 0 saturated carbocycles. The molecular weight excluding hydrogens is 330 g/mol. The van der Waals surface area contributed by atoms with Crippen molar-refractivity contribution in [2.24, 2.45) is 0 Å². The van der Waals surface area contributed by atoms with Crippen LogP contribution in [0.15, 0.2) is 30.3 Å². The van der Waals surface area contributed by atoms with Gasteiger partial charge in [-0.2, -0.15) is 0 Å². The van der Waals surface area contributed by atoms with Crippen LogP contribution in [0.4, 0.5) is 0 Å². The van der Waals surface area contributed by atoms with E-state index in [9.17, 15) is 9.59 Å². The second-order valence-corrected chi connectivity index (χ2v) is 6.22. The summed E-state index contributed by atoms with van der Waals surface area (Å²) < 4.78 is 10.8. The van der Waals surface area contributed by atoms with Crippen molar-refractivity contribution < 1.29 is 19.1 Å². The maximum Gasteiger partial charge on any atom is 0.201 e. The number of methoxy groups -OCH3 is 2. The zero-order chi connectivity index (χ0) is 18.8. The summed E-state index contributed by atoms with van der Waals surface area (Å²) in [6, 6.07) is 8.76. The van der Waals surface area contributed by atoms with Crippen molar-refractivity contribution in [3.63, 3.8) is 0 Å². The highest BCUT2D eigenvalue weighted by atomic mass is 16.5. The van der Waals surface area contributed by atoms with E-state index < -0.39 is 0 Å². The summed E-state index contributed by atoms with van der Waals surface area (Å²) in [5.41, 5.74) is 2.36. The van der Waals surface area contributed by atoms with E-state index in [0.29, 0.717) is 40.3 Å². The van der Waals surface area contributed by atoms with E-state index in [1.165, 1.54) is 14.2 Å². The monoisotopic (exact) mass is 353 g/mol. The summed E-state index contributed by atoms with van der Waals surface area (Å²) in [6.45, 7) is 6.70. The van der Waals surface area contributed by atoms with Gasteiger partial charge in [0.15, 0.2) is 5.78 Å². The first-order chi connectivity index (χ1) is 12.5. The fourth-order valence-electron chi connectivity index (χ4n) is 3.44. The number of fused-ring (bicyclic) bond motifs is 2. The van der Waals surface area contributed by atoms with Crippen LogP contribution in [0.2, 0.25) is 0 Å². The molecule has 0 radical (unpaired) electrons. The lowest BCUT2D eigenvalue weighted by atomic mass is 9.82. The third-order valence-corrected chi connectivity index (χ3v) is 4.87. The Labute approximate surface area is 153 Å².